The molecule has 71 valence electrons. The smallest absolute Gasteiger partial charge is 0.126 e. The molecule has 1 radical (unpaired) electrons. The molecule has 1 rings (SSSR count). The average Bonchev–Trinajstić information content (AvgIpc) is 2.12. The van der Waals surface area contributed by atoms with E-state index in [-0.39, 0.29) is 0 Å². The Bertz CT molecular complexity index is 269. The van der Waals surface area contributed by atoms with Crippen molar-refractivity contribution in [2.24, 2.45) is 0 Å². The van der Waals surface area contributed by atoms with Gasteiger partial charge in [0.2, 0.25) is 0 Å². The molecular weight excluding hydrogens is 164 g/mol. The van der Waals surface area contributed by atoms with Crippen molar-refractivity contribution in [2.75, 3.05) is 13.2 Å². The molecule has 0 aliphatic heterocycles. The van der Waals surface area contributed by atoms with E-state index in [2.05, 4.69) is 6.92 Å². The van der Waals surface area contributed by atoms with Crippen LogP contribution in [0.1, 0.15) is 19.4 Å². The lowest BCUT2D eigenvalue weighted by Gasteiger charge is -2.09. The summed E-state index contributed by atoms with van der Waals surface area (Å²) in [6.45, 7) is 9.09. The third-order valence-corrected chi connectivity index (χ3v) is 1.65. The fourth-order valence-corrected chi connectivity index (χ4v) is 1.08. The van der Waals surface area contributed by atoms with Crippen LogP contribution in [-0.4, -0.2) is 13.2 Å². The van der Waals surface area contributed by atoms with Gasteiger partial charge in [0, 0.05) is 6.07 Å². The Morgan fingerprint density at radius 1 is 1.15 bits per heavy atom. The van der Waals surface area contributed by atoms with E-state index in [1.807, 2.05) is 32.0 Å². The fraction of sp³-hybridized carbons (Fsp3) is 0.364. The topological polar surface area (TPSA) is 18.5 Å². The van der Waals surface area contributed by atoms with E-state index in [1.165, 1.54) is 0 Å². The number of rotatable bonds is 4. The van der Waals surface area contributed by atoms with Crippen molar-refractivity contribution in [2.45, 2.75) is 13.8 Å². The van der Waals surface area contributed by atoms with Crippen LogP contribution in [-0.2, 0) is 0 Å². The van der Waals surface area contributed by atoms with E-state index < -0.39 is 0 Å². The van der Waals surface area contributed by atoms with Crippen molar-refractivity contribution in [1.29, 1.82) is 0 Å². The third-order valence-electron chi connectivity index (χ3n) is 1.65. The summed E-state index contributed by atoms with van der Waals surface area (Å²) in [5.74, 6) is 1.63. The molecule has 0 N–H and O–H groups in total. The summed E-state index contributed by atoms with van der Waals surface area (Å²) in [6.07, 6.45) is 0. The molecule has 0 spiro atoms. The van der Waals surface area contributed by atoms with Gasteiger partial charge in [0.25, 0.3) is 0 Å². The van der Waals surface area contributed by atoms with E-state index in [4.69, 9.17) is 9.47 Å². The quantitative estimate of drug-likeness (QED) is 0.707. The summed E-state index contributed by atoms with van der Waals surface area (Å²) in [4.78, 5) is 0. The van der Waals surface area contributed by atoms with Gasteiger partial charge in [-0.05, 0) is 32.4 Å². The minimum Gasteiger partial charge on any atom is -0.494 e. The molecule has 0 aliphatic rings. The Hall–Kier alpha value is -1.18. The highest BCUT2D eigenvalue weighted by Crippen LogP contribution is 2.23. The third kappa shape index (κ3) is 2.65. The van der Waals surface area contributed by atoms with Crippen LogP contribution in [0, 0.1) is 6.92 Å². The van der Waals surface area contributed by atoms with Crippen LogP contribution in [0.4, 0.5) is 0 Å². The van der Waals surface area contributed by atoms with Crippen LogP contribution >= 0.6 is 0 Å². The zero-order valence-corrected chi connectivity index (χ0v) is 8.17. The molecular formula is C11H15O2. The van der Waals surface area contributed by atoms with E-state index >= 15 is 0 Å². The van der Waals surface area contributed by atoms with Crippen molar-refractivity contribution < 1.29 is 9.47 Å². The highest BCUT2D eigenvalue weighted by atomic mass is 16.5. The molecule has 2 nitrogen and oxygen atoms in total. The van der Waals surface area contributed by atoms with Crippen molar-refractivity contribution in [3.8, 4) is 11.5 Å². The normalized spacial score (nSPS) is 9.77. The second-order valence-electron chi connectivity index (χ2n) is 2.64. The zero-order valence-electron chi connectivity index (χ0n) is 8.17. The van der Waals surface area contributed by atoms with Gasteiger partial charge >= 0.3 is 0 Å². The molecule has 0 atom stereocenters. The summed E-state index contributed by atoms with van der Waals surface area (Å²) < 4.78 is 10.7. The lowest BCUT2D eigenvalue weighted by molar-refractivity contribution is 0.322. The second kappa shape index (κ2) is 4.75. The van der Waals surface area contributed by atoms with Crippen LogP contribution in [0.25, 0.3) is 0 Å². The van der Waals surface area contributed by atoms with Gasteiger partial charge in [0.15, 0.2) is 0 Å². The van der Waals surface area contributed by atoms with E-state index in [1.54, 1.807) is 0 Å². The van der Waals surface area contributed by atoms with Gasteiger partial charge in [-0.1, -0.05) is 6.07 Å². The molecule has 0 amide bonds. The SMILES string of the molecule is [CH2]c1ccc(OCC)cc1OCC. The molecule has 1 aromatic rings. The van der Waals surface area contributed by atoms with Crippen molar-refractivity contribution >= 4 is 0 Å². The molecule has 0 fully saturated rings. The van der Waals surface area contributed by atoms with E-state index in [0.717, 1.165) is 17.1 Å². The van der Waals surface area contributed by atoms with Crippen molar-refractivity contribution in [3.63, 3.8) is 0 Å². The number of benzene rings is 1. The lowest BCUT2D eigenvalue weighted by atomic mass is 10.2. The number of hydrogen-bond acceptors (Lipinski definition) is 2. The zero-order chi connectivity index (χ0) is 9.68. The predicted molar refractivity (Wildman–Crippen MR) is 53.2 cm³/mol. The van der Waals surface area contributed by atoms with Crippen LogP contribution < -0.4 is 9.47 Å². The first-order chi connectivity index (χ1) is 6.27. The number of ether oxygens (including phenoxy) is 2. The Morgan fingerprint density at radius 3 is 2.46 bits per heavy atom. The summed E-state index contributed by atoms with van der Waals surface area (Å²) >= 11 is 0. The Kier molecular flexibility index (Phi) is 3.62. The van der Waals surface area contributed by atoms with Gasteiger partial charge in [-0.15, -0.1) is 0 Å². The number of hydrogen-bond donors (Lipinski definition) is 0. The molecule has 0 aromatic heterocycles. The summed E-state index contributed by atoms with van der Waals surface area (Å²) in [7, 11) is 0. The maximum absolute atomic E-state index is 5.38. The van der Waals surface area contributed by atoms with Crippen LogP contribution in [0.15, 0.2) is 18.2 Å². The Labute approximate surface area is 79.5 Å². The van der Waals surface area contributed by atoms with Crippen LogP contribution in [0.3, 0.4) is 0 Å². The lowest BCUT2D eigenvalue weighted by Crippen LogP contribution is -1.96. The van der Waals surface area contributed by atoms with E-state index in [9.17, 15) is 0 Å². The van der Waals surface area contributed by atoms with Gasteiger partial charge in [-0.25, -0.2) is 0 Å². The van der Waals surface area contributed by atoms with Gasteiger partial charge in [0.05, 0.1) is 13.2 Å². The standard InChI is InChI=1S/C11H15O2/c1-4-12-10-7-6-9(3)11(8-10)13-5-2/h6-8H,3-5H2,1-2H3. The Balaban J connectivity index is 2.83. The minimum atomic E-state index is 0.651. The van der Waals surface area contributed by atoms with Gasteiger partial charge < -0.3 is 9.47 Å². The fourth-order valence-electron chi connectivity index (χ4n) is 1.08. The molecule has 13 heavy (non-hydrogen) atoms. The maximum atomic E-state index is 5.38. The molecule has 0 heterocycles. The molecule has 0 saturated heterocycles. The maximum Gasteiger partial charge on any atom is 0.126 e. The first kappa shape index (κ1) is 9.90. The van der Waals surface area contributed by atoms with Crippen LogP contribution in [0.2, 0.25) is 0 Å². The predicted octanol–water partition coefficient (Wildman–Crippen LogP) is 2.67. The van der Waals surface area contributed by atoms with Gasteiger partial charge in [0.1, 0.15) is 11.5 Å². The molecule has 0 saturated carbocycles. The molecule has 1 aromatic carbocycles. The summed E-state index contributed by atoms with van der Waals surface area (Å²) in [6, 6.07) is 5.67. The van der Waals surface area contributed by atoms with E-state index in [0.29, 0.717) is 13.2 Å². The monoisotopic (exact) mass is 179 g/mol. The van der Waals surface area contributed by atoms with Crippen molar-refractivity contribution in [1.82, 2.24) is 0 Å². The van der Waals surface area contributed by atoms with Gasteiger partial charge in [-0.2, -0.15) is 0 Å². The average molecular weight is 179 g/mol. The highest BCUT2D eigenvalue weighted by Gasteiger charge is 2.00. The van der Waals surface area contributed by atoms with Crippen LogP contribution in [0.5, 0.6) is 11.5 Å². The molecule has 0 unspecified atom stereocenters. The largest absolute Gasteiger partial charge is 0.494 e. The highest BCUT2D eigenvalue weighted by molar-refractivity contribution is 5.42. The first-order valence-corrected chi connectivity index (χ1v) is 4.49. The van der Waals surface area contributed by atoms with Crippen molar-refractivity contribution in [3.05, 3.63) is 30.7 Å². The van der Waals surface area contributed by atoms with Gasteiger partial charge in [-0.3, -0.25) is 0 Å². The second-order valence-corrected chi connectivity index (χ2v) is 2.64. The molecule has 0 bridgehead atoms. The summed E-state index contributed by atoms with van der Waals surface area (Å²) in [5, 5.41) is 0. The Morgan fingerprint density at radius 2 is 1.85 bits per heavy atom. The first-order valence-electron chi connectivity index (χ1n) is 4.49. The minimum absolute atomic E-state index is 0.651. The molecule has 0 aliphatic carbocycles. The summed E-state index contributed by atoms with van der Waals surface area (Å²) in [5.41, 5.74) is 0.894. The molecule has 2 heteroatoms.